The lowest BCUT2D eigenvalue weighted by atomic mass is 10.1. The number of pyridine rings is 1. The van der Waals surface area contributed by atoms with Crippen molar-refractivity contribution in [2.24, 2.45) is 0 Å². The van der Waals surface area contributed by atoms with Gasteiger partial charge < -0.3 is 20.1 Å². The number of aromatic nitrogens is 3. The van der Waals surface area contributed by atoms with Gasteiger partial charge in [-0.2, -0.15) is 0 Å². The molecule has 0 bridgehead atoms. The van der Waals surface area contributed by atoms with E-state index in [0.717, 1.165) is 31.9 Å². The maximum absolute atomic E-state index is 10.8. The normalized spacial score (nSPS) is 17.9. The number of hydrogen-bond donors (Lipinski definition) is 1. The van der Waals surface area contributed by atoms with Crippen LogP contribution >= 0.6 is 11.6 Å². The zero-order valence-electron chi connectivity index (χ0n) is 14.5. The summed E-state index contributed by atoms with van der Waals surface area (Å²) in [6, 6.07) is 3.95. The number of hydrogen-bond acceptors (Lipinski definition) is 7. The zero-order valence-corrected chi connectivity index (χ0v) is 15.2. The van der Waals surface area contributed by atoms with Gasteiger partial charge in [0.25, 0.3) is 0 Å². The lowest BCUT2D eigenvalue weighted by Gasteiger charge is -2.39. The highest BCUT2D eigenvalue weighted by molar-refractivity contribution is 6.28. The molecule has 0 aromatic carbocycles. The van der Waals surface area contributed by atoms with Crippen molar-refractivity contribution in [1.29, 1.82) is 0 Å². The maximum Gasteiger partial charge on any atom is 0.383 e. The Hall–Kier alpha value is -2.23. The van der Waals surface area contributed by atoms with E-state index in [1.54, 1.807) is 13.1 Å². The van der Waals surface area contributed by atoms with Gasteiger partial charge in [0.1, 0.15) is 6.20 Å². The Bertz CT molecular complexity index is 759. The lowest BCUT2D eigenvalue weighted by molar-refractivity contribution is -0.389. The van der Waals surface area contributed by atoms with Crippen molar-refractivity contribution in [2.45, 2.75) is 19.1 Å². The fourth-order valence-corrected chi connectivity index (χ4v) is 3.38. The summed E-state index contributed by atoms with van der Waals surface area (Å²) >= 11 is 5.93. The summed E-state index contributed by atoms with van der Waals surface area (Å²) in [4.78, 5) is 22.4. The van der Waals surface area contributed by atoms with Crippen LogP contribution in [-0.4, -0.2) is 67.8 Å². The van der Waals surface area contributed by atoms with E-state index in [4.69, 9.17) is 11.6 Å². The molecule has 1 fully saturated rings. The van der Waals surface area contributed by atoms with Crippen LogP contribution in [0.3, 0.4) is 0 Å². The molecular formula is C16H21ClN6O3. The SMILES string of the molecule is CC(O)(CN1CCN(c2cccnc2)CC1)Cn1cc([N+](=O)[O-])nc1Cl. The summed E-state index contributed by atoms with van der Waals surface area (Å²) in [5.41, 5.74) is 0.00529. The van der Waals surface area contributed by atoms with Crippen molar-refractivity contribution in [3.63, 3.8) is 0 Å². The summed E-state index contributed by atoms with van der Waals surface area (Å²) in [6.07, 6.45) is 4.85. The molecule has 3 rings (SSSR count). The van der Waals surface area contributed by atoms with Crippen molar-refractivity contribution in [1.82, 2.24) is 19.4 Å². The van der Waals surface area contributed by atoms with E-state index in [0.29, 0.717) is 6.54 Å². The van der Waals surface area contributed by atoms with Gasteiger partial charge in [0.15, 0.2) is 0 Å². The van der Waals surface area contributed by atoms with Crippen LogP contribution in [0.25, 0.3) is 0 Å². The van der Waals surface area contributed by atoms with Crippen LogP contribution in [0.1, 0.15) is 6.92 Å². The monoisotopic (exact) mass is 380 g/mol. The fraction of sp³-hybridized carbons (Fsp3) is 0.500. The molecule has 0 saturated carbocycles. The number of halogens is 1. The number of imidazole rings is 1. The Kier molecular flexibility index (Phi) is 5.40. The van der Waals surface area contributed by atoms with Crippen LogP contribution < -0.4 is 4.90 Å². The molecule has 26 heavy (non-hydrogen) atoms. The van der Waals surface area contributed by atoms with E-state index in [1.807, 2.05) is 18.3 Å². The molecule has 140 valence electrons. The minimum Gasteiger partial charge on any atom is -0.387 e. The first-order chi connectivity index (χ1) is 12.3. The van der Waals surface area contributed by atoms with Crippen LogP contribution in [0.2, 0.25) is 5.28 Å². The Morgan fingerprint density at radius 3 is 2.65 bits per heavy atom. The van der Waals surface area contributed by atoms with Crippen LogP contribution in [0.4, 0.5) is 11.5 Å². The number of nitrogens with zero attached hydrogens (tertiary/aromatic N) is 6. The first-order valence-corrected chi connectivity index (χ1v) is 8.69. The topological polar surface area (TPSA) is 101 Å². The third-order valence-electron chi connectivity index (χ3n) is 4.36. The highest BCUT2D eigenvalue weighted by atomic mass is 35.5. The van der Waals surface area contributed by atoms with Crippen molar-refractivity contribution in [3.8, 4) is 0 Å². The van der Waals surface area contributed by atoms with E-state index in [2.05, 4.69) is 19.8 Å². The second-order valence-corrected chi connectivity index (χ2v) is 7.06. The molecule has 0 radical (unpaired) electrons. The van der Waals surface area contributed by atoms with Crippen molar-refractivity contribution < 1.29 is 10.0 Å². The minimum atomic E-state index is -1.09. The predicted molar refractivity (Wildman–Crippen MR) is 97.4 cm³/mol. The molecule has 1 unspecified atom stereocenters. The molecule has 1 saturated heterocycles. The molecule has 2 aromatic rings. The number of aliphatic hydroxyl groups is 1. The summed E-state index contributed by atoms with van der Waals surface area (Å²) in [5.74, 6) is -0.323. The Morgan fingerprint density at radius 2 is 2.08 bits per heavy atom. The average Bonchev–Trinajstić information content (AvgIpc) is 2.96. The van der Waals surface area contributed by atoms with Gasteiger partial charge in [-0.05, 0) is 40.6 Å². The quantitative estimate of drug-likeness (QED) is 0.597. The molecule has 1 atom stereocenters. The molecule has 10 heteroatoms. The third kappa shape index (κ3) is 4.48. The Labute approximate surface area is 156 Å². The lowest BCUT2D eigenvalue weighted by Crippen LogP contribution is -2.52. The molecule has 2 aromatic heterocycles. The average molecular weight is 381 g/mol. The molecule has 0 spiro atoms. The van der Waals surface area contributed by atoms with Gasteiger partial charge in [-0.1, -0.05) is 0 Å². The number of piperazine rings is 1. The molecule has 1 aliphatic rings. The molecule has 9 nitrogen and oxygen atoms in total. The van der Waals surface area contributed by atoms with E-state index in [9.17, 15) is 15.2 Å². The first kappa shape index (κ1) is 18.6. The van der Waals surface area contributed by atoms with E-state index in [-0.39, 0.29) is 17.6 Å². The van der Waals surface area contributed by atoms with Crippen molar-refractivity contribution in [2.75, 3.05) is 37.6 Å². The number of nitro groups is 1. The van der Waals surface area contributed by atoms with E-state index < -0.39 is 10.5 Å². The highest BCUT2D eigenvalue weighted by Crippen LogP contribution is 2.21. The maximum atomic E-state index is 10.8. The summed E-state index contributed by atoms with van der Waals surface area (Å²) in [5, 5.41) is 21.5. The van der Waals surface area contributed by atoms with Crippen molar-refractivity contribution >= 4 is 23.1 Å². The summed E-state index contributed by atoms with van der Waals surface area (Å²) in [7, 11) is 0. The fourth-order valence-electron chi connectivity index (χ4n) is 3.18. The second kappa shape index (κ2) is 7.56. The summed E-state index contributed by atoms with van der Waals surface area (Å²) in [6.45, 7) is 5.58. The van der Waals surface area contributed by atoms with Crippen LogP contribution in [0, 0.1) is 10.1 Å². The van der Waals surface area contributed by atoms with Crippen molar-refractivity contribution in [3.05, 3.63) is 46.1 Å². The first-order valence-electron chi connectivity index (χ1n) is 8.31. The third-order valence-corrected chi connectivity index (χ3v) is 4.66. The van der Waals surface area contributed by atoms with E-state index in [1.165, 1.54) is 10.8 Å². The largest absolute Gasteiger partial charge is 0.387 e. The van der Waals surface area contributed by atoms with Crippen LogP contribution in [0.5, 0.6) is 0 Å². The number of anilines is 1. The van der Waals surface area contributed by atoms with Gasteiger partial charge in [0.2, 0.25) is 0 Å². The molecule has 1 aliphatic heterocycles. The highest BCUT2D eigenvalue weighted by Gasteiger charge is 2.29. The van der Waals surface area contributed by atoms with Gasteiger partial charge in [-0.15, -0.1) is 0 Å². The zero-order chi connectivity index (χ0) is 18.7. The Morgan fingerprint density at radius 1 is 1.35 bits per heavy atom. The van der Waals surface area contributed by atoms with Crippen LogP contribution in [-0.2, 0) is 6.54 Å². The van der Waals surface area contributed by atoms with E-state index >= 15 is 0 Å². The van der Waals surface area contributed by atoms with Gasteiger partial charge in [-0.25, -0.2) is 0 Å². The minimum absolute atomic E-state index is 0.00151. The number of rotatable bonds is 6. The number of β-amino-alcohol motifs (C(OH)–C–C–N with tert-alkyl or cyclic N) is 1. The Balaban J connectivity index is 1.56. The standard InChI is InChI=1S/C16H21ClN6O3/c1-16(24,12-22-10-14(23(25)26)19-15(22)17)11-20-5-7-21(8-6-20)13-3-2-4-18-9-13/h2-4,9-10,24H,5-8,11-12H2,1H3. The smallest absolute Gasteiger partial charge is 0.383 e. The molecule has 1 N–H and O–H groups in total. The molecular weight excluding hydrogens is 360 g/mol. The van der Waals surface area contributed by atoms with Gasteiger partial charge in [0.05, 0.1) is 24.0 Å². The second-order valence-electron chi connectivity index (χ2n) is 6.72. The van der Waals surface area contributed by atoms with Crippen LogP contribution in [0.15, 0.2) is 30.7 Å². The molecule has 0 amide bonds. The molecule has 0 aliphatic carbocycles. The van der Waals surface area contributed by atoms with Gasteiger partial charge in [-0.3, -0.25) is 14.5 Å². The predicted octanol–water partition coefficient (Wildman–Crippen LogP) is 1.41. The summed E-state index contributed by atoms with van der Waals surface area (Å²) < 4.78 is 1.41. The van der Waals surface area contributed by atoms with Gasteiger partial charge >= 0.3 is 11.1 Å². The molecule has 3 heterocycles. The van der Waals surface area contributed by atoms with Gasteiger partial charge in [0, 0.05) is 38.9 Å².